The molecule has 2 aliphatic rings. The summed E-state index contributed by atoms with van der Waals surface area (Å²) in [6, 6.07) is 0.0696. The zero-order valence-corrected chi connectivity index (χ0v) is 12.4. The third kappa shape index (κ3) is 2.67. The number of nitrogens with zero attached hydrogens (tertiary/aromatic N) is 3. The number of amides is 2. The molecule has 1 aromatic heterocycles. The summed E-state index contributed by atoms with van der Waals surface area (Å²) in [6.45, 7) is 7.67. The second kappa shape index (κ2) is 5.46. The Morgan fingerprint density at radius 1 is 1.45 bits per heavy atom. The van der Waals surface area contributed by atoms with E-state index in [1.54, 1.807) is 0 Å². The van der Waals surface area contributed by atoms with Gasteiger partial charge in [0, 0.05) is 38.1 Å². The predicted molar refractivity (Wildman–Crippen MR) is 77.7 cm³/mol. The highest BCUT2D eigenvalue weighted by atomic mass is 16.2. The second-order valence-electron chi connectivity index (χ2n) is 6.15. The summed E-state index contributed by atoms with van der Waals surface area (Å²) >= 11 is 0. The smallest absolute Gasteiger partial charge is 0.317 e. The van der Waals surface area contributed by atoms with Crippen LogP contribution < -0.4 is 5.32 Å². The predicted octanol–water partition coefficient (Wildman–Crippen LogP) is 2.12. The minimum absolute atomic E-state index is 0.0696. The topological polar surface area (TPSA) is 50.2 Å². The number of aryl methyl sites for hydroxylation is 1. The lowest BCUT2D eigenvalue weighted by atomic mass is 9.99. The largest absolute Gasteiger partial charge is 0.338 e. The van der Waals surface area contributed by atoms with Crippen LogP contribution in [0.5, 0.6) is 0 Å². The number of hydrogen-bond acceptors (Lipinski definition) is 2. The number of imidazole rings is 1. The molecule has 2 fully saturated rings. The Kier molecular flexibility index (Phi) is 3.68. The van der Waals surface area contributed by atoms with Gasteiger partial charge in [0.2, 0.25) is 0 Å². The minimum Gasteiger partial charge on any atom is -0.338 e. The van der Waals surface area contributed by atoms with Gasteiger partial charge < -0.3 is 14.8 Å². The monoisotopic (exact) mass is 276 g/mol. The molecule has 0 unspecified atom stereocenters. The van der Waals surface area contributed by atoms with E-state index >= 15 is 0 Å². The van der Waals surface area contributed by atoms with Crippen molar-refractivity contribution in [3.05, 3.63) is 17.7 Å². The van der Waals surface area contributed by atoms with Crippen LogP contribution in [0.2, 0.25) is 0 Å². The molecule has 1 N–H and O–H groups in total. The van der Waals surface area contributed by atoms with Crippen molar-refractivity contribution >= 4 is 6.03 Å². The van der Waals surface area contributed by atoms with Crippen LogP contribution in [-0.2, 0) is 6.54 Å². The van der Waals surface area contributed by atoms with Gasteiger partial charge >= 0.3 is 6.03 Å². The Bertz CT molecular complexity index is 486. The second-order valence-corrected chi connectivity index (χ2v) is 6.15. The third-order valence-corrected chi connectivity index (χ3v) is 4.28. The molecule has 1 saturated heterocycles. The van der Waals surface area contributed by atoms with E-state index < -0.39 is 0 Å². The number of carbonyl (C=O) groups is 1. The molecule has 2 heterocycles. The molecule has 1 aromatic rings. The summed E-state index contributed by atoms with van der Waals surface area (Å²) in [5.41, 5.74) is 1.25. The van der Waals surface area contributed by atoms with Gasteiger partial charge in [-0.1, -0.05) is 6.92 Å². The molecule has 1 saturated carbocycles. The Morgan fingerprint density at radius 3 is 2.85 bits per heavy atom. The molecule has 3 rings (SSSR count). The highest BCUT2D eigenvalue weighted by Crippen LogP contribution is 2.33. The Balaban J connectivity index is 1.58. The molecule has 20 heavy (non-hydrogen) atoms. The fourth-order valence-corrected chi connectivity index (χ4v) is 2.75. The van der Waals surface area contributed by atoms with Crippen molar-refractivity contribution in [3.63, 3.8) is 0 Å². The van der Waals surface area contributed by atoms with Gasteiger partial charge in [0.05, 0.1) is 5.92 Å². The van der Waals surface area contributed by atoms with Crippen LogP contribution in [0, 0.1) is 12.8 Å². The van der Waals surface area contributed by atoms with Gasteiger partial charge in [-0.2, -0.15) is 0 Å². The van der Waals surface area contributed by atoms with Crippen LogP contribution in [0.4, 0.5) is 4.79 Å². The molecule has 2 amide bonds. The van der Waals surface area contributed by atoms with Gasteiger partial charge in [0.1, 0.15) is 5.82 Å². The summed E-state index contributed by atoms with van der Waals surface area (Å²) in [5.74, 6) is 2.44. The number of hydrogen-bond donors (Lipinski definition) is 1. The summed E-state index contributed by atoms with van der Waals surface area (Å²) in [5, 5.41) is 2.93. The Morgan fingerprint density at radius 2 is 2.20 bits per heavy atom. The number of urea groups is 1. The van der Waals surface area contributed by atoms with Crippen LogP contribution in [0.1, 0.15) is 43.6 Å². The van der Waals surface area contributed by atoms with Gasteiger partial charge in [-0.25, -0.2) is 9.78 Å². The van der Waals surface area contributed by atoms with Gasteiger partial charge in [-0.05, 0) is 32.1 Å². The van der Waals surface area contributed by atoms with E-state index in [-0.39, 0.29) is 6.03 Å². The van der Waals surface area contributed by atoms with Crippen LogP contribution in [0.25, 0.3) is 0 Å². The van der Waals surface area contributed by atoms with Crippen molar-refractivity contribution in [3.8, 4) is 0 Å². The fourth-order valence-electron chi connectivity index (χ4n) is 2.75. The zero-order chi connectivity index (χ0) is 14.1. The summed E-state index contributed by atoms with van der Waals surface area (Å²) < 4.78 is 2.36. The van der Waals surface area contributed by atoms with Crippen molar-refractivity contribution in [2.75, 3.05) is 19.6 Å². The molecule has 5 nitrogen and oxygen atoms in total. The van der Waals surface area contributed by atoms with E-state index in [0.29, 0.717) is 5.92 Å². The molecule has 0 spiro atoms. The lowest BCUT2D eigenvalue weighted by Crippen LogP contribution is -2.53. The summed E-state index contributed by atoms with van der Waals surface area (Å²) in [6.07, 6.45) is 5.66. The van der Waals surface area contributed by atoms with Crippen LogP contribution in [0.15, 0.2) is 6.20 Å². The van der Waals surface area contributed by atoms with Crippen molar-refractivity contribution in [1.29, 1.82) is 0 Å². The van der Waals surface area contributed by atoms with E-state index in [1.807, 2.05) is 11.1 Å². The molecule has 0 bridgehead atoms. The lowest BCUT2D eigenvalue weighted by molar-refractivity contribution is 0.147. The van der Waals surface area contributed by atoms with Gasteiger partial charge in [0.25, 0.3) is 0 Å². The lowest BCUT2D eigenvalue weighted by Gasteiger charge is -2.39. The first kappa shape index (κ1) is 13.5. The maximum Gasteiger partial charge on any atom is 0.317 e. The van der Waals surface area contributed by atoms with Gasteiger partial charge in [-0.15, -0.1) is 0 Å². The SMILES string of the molecule is CCCNC(=O)N1CC(c2ncc(C)n2CC2CC2)C1. The Hall–Kier alpha value is -1.52. The molecule has 0 radical (unpaired) electrons. The van der Waals surface area contributed by atoms with E-state index in [1.165, 1.54) is 24.4 Å². The highest BCUT2D eigenvalue weighted by molar-refractivity contribution is 5.75. The van der Waals surface area contributed by atoms with Gasteiger partial charge in [0.15, 0.2) is 0 Å². The van der Waals surface area contributed by atoms with Crippen molar-refractivity contribution in [2.45, 2.75) is 45.6 Å². The number of nitrogens with one attached hydrogen (secondary N) is 1. The molecule has 0 atom stereocenters. The molecule has 0 aromatic carbocycles. The van der Waals surface area contributed by atoms with Crippen molar-refractivity contribution < 1.29 is 4.79 Å². The number of likely N-dealkylation sites (tertiary alicyclic amines) is 1. The van der Waals surface area contributed by atoms with Crippen molar-refractivity contribution in [1.82, 2.24) is 19.8 Å². The van der Waals surface area contributed by atoms with E-state index in [4.69, 9.17) is 0 Å². The number of carbonyl (C=O) groups excluding carboxylic acids is 1. The molecule has 1 aliphatic carbocycles. The van der Waals surface area contributed by atoms with E-state index in [0.717, 1.165) is 38.5 Å². The maximum absolute atomic E-state index is 11.8. The quantitative estimate of drug-likeness (QED) is 0.895. The first-order valence-corrected chi connectivity index (χ1v) is 7.73. The molecule has 1 aliphatic heterocycles. The molecular weight excluding hydrogens is 252 g/mol. The minimum atomic E-state index is 0.0696. The fraction of sp³-hybridized carbons (Fsp3) is 0.733. The van der Waals surface area contributed by atoms with Crippen molar-refractivity contribution in [2.24, 2.45) is 5.92 Å². The number of rotatable bonds is 5. The van der Waals surface area contributed by atoms with Gasteiger partial charge in [-0.3, -0.25) is 0 Å². The molecular formula is C15H24N4O. The van der Waals surface area contributed by atoms with Crippen LogP contribution in [0.3, 0.4) is 0 Å². The molecule has 110 valence electrons. The highest BCUT2D eigenvalue weighted by Gasteiger charge is 2.35. The Labute approximate surface area is 120 Å². The maximum atomic E-state index is 11.8. The normalized spacial score (nSPS) is 19.0. The third-order valence-electron chi connectivity index (χ3n) is 4.28. The molecule has 5 heteroatoms. The first-order valence-electron chi connectivity index (χ1n) is 7.73. The first-order chi connectivity index (χ1) is 9.69. The van der Waals surface area contributed by atoms with E-state index in [9.17, 15) is 4.79 Å². The summed E-state index contributed by atoms with van der Waals surface area (Å²) in [7, 11) is 0. The van der Waals surface area contributed by atoms with Crippen LogP contribution >= 0.6 is 0 Å². The van der Waals surface area contributed by atoms with Crippen LogP contribution in [-0.4, -0.2) is 40.1 Å². The zero-order valence-electron chi connectivity index (χ0n) is 12.4. The summed E-state index contributed by atoms with van der Waals surface area (Å²) in [4.78, 5) is 18.3. The standard InChI is InChI=1S/C15H24N4O/c1-3-6-16-15(20)18-9-13(10-18)14-17-7-11(2)19(14)8-12-4-5-12/h7,12-13H,3-6,8-10H2,1-2H3,(H,16,20). The average Bonchev–Trinajstić information content (AvgIpc) is 3.13. The van der Waals surface area contributed by atoms with E-state index in [2.05, 4.69) is 28.7 Å². The average molecular weight is 276 g/mol. The number of aromatic nitrogens is 2.